The Bertz CT molecular complexity index is 1140. The first-order chi connectivity index (χ1) is 14.1. The van der Waals surface area contributed by atoms with Crippen LogP contribution in [0.3, 0.4) is 0 Å². The lowest BCUT2D eigenvalue weighted by atomic mass is 9.89. The zero-order valence-corrected chi connectivity index (χ0v) is 18.2. The van der Waals surface area contributed by atoms with Crippen molar-refractivity contribution >= 4 is 22.5 Å². The topological polar surface area (TPSA) is 59.7 Å². The number of methoxy groups -OCH3 is 1. The molecule has 3 aromatic rings. The lowest BCUT2D eigenvalue weighted by molar-refractivity contribution is -0.134. The number of carbonyl (C=O) groups is 1. The Morgan fingerprint density at radius 2 is 1.77 bits per heavy atom. The van der Waals surface area contributed by atoms with Crippen LogP contribution in [-0.2, 0) is 4.79 Å². The van der Waals surface area contributed by atoms with Crippen molar-refractivity contribution in [2.75, 3.05) is 7.11 Å². The minimum Gasteiger partial charge on any atom is -0.496 e. The highest BCUT2D eigenvalue weighted by Crippen LogP contribution is 2.41. The van der Waals surface area contributed by atoms with Crippen molar-refractivity contribution < 1.29 is 23.4 Å². The Kier molecular flexibility index (Phi) is 6.01. The Hall–Kier alpha value is -3.08. The van der Waals surface area contributed by atoms with E-state index in [0.29, 0.717) is 17.4 Å². The van der Waals surface area contributed by atoms with E-state index in [4.69, 9.17) is 14.3 Å². The van der Waals surface area contributed by atoms with Crippen LogP contribution in [0.4, 0.5) is 4.39 Å². The summed E-state index contributed by atoms with van der Waals surface area (Å²) < 4.78 is 25.3. The summed E-state index contributed by atoms with van der Waals surface area (Å²) in [6, 6.07) is 11.7. The van der Waals surface area contributed by atoms with Crippen LogP contribution >= 0.6 is 0 Å². The molecule has 30 heavy (non-hydrogen) atoms. The summed E-state index contributed by atoms with van der Waals surface area (Å²) in [5.74, 6) is -1.12. The third-order valence-corrected chi connectivity index (χ3v) is 5.35. The van der Waals surface area contributed by atoms with Crippen molar-refractivity contribution in [1.82, 2.24) is 0 Å². The lowest BCUT2D eigenvalue weighted by Gasteiger charge is -2.20. The number of allylic oxidation sites excluding steroid dienone is 1. The molecular formula is C25H27FO4. The molecule has 1 N–H and O–H groups in total. The molecule has 0 fully saturated rings. The monoisotopic (exact) mass is 410 g/mol. The van der Waals surface area contributed by atoms with Gasteiger partial charge < -0.3 is 14.3 Å². The van der Waals surface area contributed by atoms with Crippen LogP contribution in [0.15, 0.2) is 46.6 Å². The van der Waals surface area contributed by atoms with E-state index in [0.717, 1.165) is 27.8 Å². The van der Waals surface area contributed by atoms with E-state index in [-0.39, 0.29) is 11.3 Å². The molecule has 0 aliphatic rings. The molecule has 5 heteroatoms. The Labute approximate surface area is 176 Å². The number of aliphatic carboxylic acids is 1. The molecule has 0 saturated carbocycles. The predicted octanol–water partition coefficient (Wildman–Crippen LogP) is 7.14. The summed E-state index contributed by atoms with van der Waals surface area (Å²) in [6.07, 6.45) is 0. The van der Waals surface area contributed by atoms with Crippen LogP contribution in [0, 0.1) is 0 Å². The molecule has 0 bridgehead atoms. The molecule has 0 unspecified atom stereocenters. The summed E-state index contributed by atoms with van der Waals surface area (Å²) in [6.45, 7) is 10.00. The molecule has 0 spiro atoms. The van der Waals surface area contributed by atoms with E-state index in [1.165, 1.54) is 12.5 Å². The third kappa shape index (κ3) is 3.97. The van der Waals surface area contributed by atoms with Crippen molar-refractivity contribution in [3.8, 4) is 16.9 Å². The summed E-state index contributed by atoms with van der Waals surface area (Å²) in [5.41, 5.74) is 4.84. The number of halogens is 1. The fourth-order valence-electron chi connectivity index (χ4n) is 3.54. The highest BCUT2D eigenvalue weighted by atomic mass is 19.1. The van der Waals surface area contributed by atoms with Crippen molar-refractivity contribution in [1.29, 1.82) is 0 Å². The number of furan rings is 1. The first-order valence-corrected chi connectivity index (χ1v) is 9.99. The number of benzene rings is 2. The molecule has 1 heterocycles. The average Bonchev–Trinajstić information content (AvgIpc) is 3.14. The van der Waals surface area contributed by atoms with Gasteiger partial charge in [0.1, 0.15) is 17.1 Å². The standard InChI is InChI=1S/C25H27FO4/c1-13(2)17-10-19(14(3)4)24(29-6)20(11-17)16-7-8-21-18(9-16)12-22(30-21)15(5)23(26)25(27)28/h7-14H,1-6H3,(H,27,28). The molecule has 4 nitrogen and oxygen atoms in total. The molecular weight excluding hydrogens is 383 g/mol. The minimum atomic E-state index is -1.61. The smallest absolute Gasteiger partial charge is 0.365 e. The second kappa shape index (κ2) is 8.34. The van der Waals surface area contributed by atoms with Crippen LogP contribution in [0.2, 0.25) is 0 Å². The van der Waals surface area contributed by atoms with Gasteiger partial charge in [-0.25, -0.2) is 4.79 Å². The fraction of sp³-hybridized carbons (Fsp3) is 0.320. The molecule has 158 valence electrons. The molecule has 0 atom stereocenters. The molecule has 0 saturated heterocycles. The SMILES string of the molecule is COc1c(-c2ccc3oc(C(C)=C(F)C(=O)O)cc3c2)cc(C(C)C)cc1C(C)C. The van der Waals surface area contributed by atoms with Gasteiger partial charge in [0.25, 0.3) is 0 Å². The second-order valence-corrected chi connectivity index (χ2v) is 8.11. The molecule has 0 radical (unpaired) electrons. The second-order valence-electron chi connectivity index (χ2n) is 8.11. The molecule has 0 amide bonds. The highest BCUT2D eigenvalue weighted by Gasteiger charge is 2.19. The van der Waals surface area contributed by atoms with Crippen LogP contribution < -0.4 is 4.74 Å². The minimum absolute atomic E-state index is 0.0401. The Morgan fingerprint density at radius 3 is 2.33 bits per heavy atom. The summed E-state index contributed by atoms with van der Waals surface area (Å²) in [4.78, 5) is 10.9. The van der Waals surface area contributed by atoms with Gasteiger partial charge >= 0.3 is 5.97 Å². The van der Waals surface area contributed by atoms with Gasteiger partial charge in [-0.15, -0.1) is 0 Å². The normalized spacial score (nSPS) is 12.6. The van der Waals surface area contributed by atoms with Crippen LogP contribution in [0.1, 0.15) is 63.3 Å². The summed E-state index contributed by atoms with van der Waals surface area (Å²) >= 11 is 0. The maximum absolute atomic E-state index is 13.8. The zero-order valence-electron chi connectivity index (χ0n) is 18.2. The first-order valence-electron chi connectivity index (χ1n) is 9.99. The number of rotatable bonds is 6. The van der Waals surface area contributed by atoms with Crippen molar-refractivity contribution in [2.45, 2.75) is 46.5 Å². The van der Waals surface area contributed by atoms with Crippen LogP contribution in [0.5, 0.6) is 5.75 Å². The first kappa shape index (κ1) is 21.6. The fourth-order valence-corrected chi connectivity index (χ4v) is 3.54. The van der Waals surface area contributed by atoms with E-state index in [1.807, 2.05) is 18.2 Å². The Morgan fingerprint density at radius 1 is 1.07 bits per heavy atom. The largest absolute Gasteiger partial charge is 0.496 e. The quantitative estimate of drug-likeness (QED) is 0.439. The van der Waals surface area contributed by atoms with Gasteiger partial charge in [0, 0.05) is 16.5 Å². The van der Waals surface area contributed by atoms with Gasteiger partial charge in [-0.1, -0.05) is 39.8 Å². The highest BCUT2D eigenvalue weighted by molar-refractivity contribution is 5.95. The third-order valence-electron chi connectivity index (χ3n) is 5.35. The van der Waals surface area contributed by atoms with E-state index in [9.17, 15) is 9.18 Å². The number of carboxylic acids is 1. The number of carboxylic acid groups (broad SMARTS) is 1. The van der Waals surface area contributed by atoms with E-state index in [2.05, 4.69) is 39.8 Å². The van der Waals surface area contributed by atoms with Crippen molar-refractivity contribution in [2.24, 2.45) is 0 Å². The van der Waals surface area contributed by atoms with Gasteiger partial charge in [-0.2, -0.15) is 4.39 Å². The molecule has 2 aromatic carbocycles. The number of fused-ring (bicyclic) bond motifs is 1. The van der Waals surface area contributed by atoms with Crippen molar-refractivity contribution in [3.63, 3.8) is 0 Å². The van der Waals surface area contributed by atoms with Gasteiger partial charge in [0.2, 0.25) is 5.83 Å². The maximum atomic E-state index is 13.8. The van der Waals surface area contributed by atoms with Gasteiger partial charge in [0.15, 0.2) is 0 Å². The Balaban J connectivity index is 2.20. The van der Waals surface area contributed by atoms with Crippen molar-refractivity contribution in [3.05, 3.63) is 59.1 Å². The van der Waals surface area contributed by atoms with Gasteiger partial charge in [0.05, 0.1) is 7.11 Å². The van der Waals surface area contributed by atoms with E-state index in [1.54, 1.807) is 13.2 Å². The average molecular weight is 410 g/mol. The zero-order chi connectivity index (χ0) is 22.2. The molecule has 0 aliphatic heterocycles. The van der Waals surface area contributed by atoms with Gasteiger partial charge in [-0.05, 0) is 59.7 Å². The number of hydrogen-bond acceptors (Lipinski definition) is 3. The number of hydrogen-bond donors (Lipinski definition) is 1. The van der Waals surface area contributed by atoms with Crippen LogP contribution in [0.25, 0.3) is 27.7 Å². The van der Waals surface area contributed by atoms with Gasteiger partial charge in [-0.3, -0.25) is 0 Å². The maximum Gasteiger partial charge on any atom is 0.365 e. The molecule has 1 aromatic heterocycles. The van der Waals surface area contributed by atoms with E-state index >= 15 is 0 Å². The van der Waals surface area contributed by atoms with E-state index < -0.39 is 11.8 Å². The summed E-state index contributed by atoms with van der Waals surface area (Å²) in [7, 11) is 1.68. The molecule has 0 aliphatic carbocycles. The molecule has 3 rings (SSSR count). The number of ether oxygens (including phenoxy) is 1. The predicted molar refractivity (Wildman–Crippen MR) is 118 cm³/mol. The summed E-state index contributed by atoms with van der Waals surface area (Å²) in [5, 5.41) is 9.66. The van der Waals surface area contributed by atoms with Crippen LogP contribution in [-0.4, -0.2) is 18.2 Å². The lowest BCUT2D eigenvalue weighted by Crippen LogP contribution is -2.00.